The molecule has 146 valence electrons. The quantitative estimate of drug-likeness (QED) is 0.555. The summed E-state index contributed by atoms with van der Waals surface area (Å²) in [6.45, 7) is 7.17. The Hall–Kier alpha value is -2.93. The van der Waals surface area contributed by atoms with Crippen LogP contribution in [0.1, 0.15) is 17.3 Å². The van der Waals surface area contributed by atoms with Gasteiger partial charge in [-0.3, -0.25) is 9.89 Å². The van der Waals surface area contributed by atoms with Crippen molar-refractivity contribution in [1.82, 2.24) is 25.3 Å². The Bertz CT molecular complexity index is 953. The highest BCUT2D eigenvalue weighted by molar-refractivity contribution is 5.85. The van der Waals surface area contributed by atoms with Crippen LogP contribution in [0.4, 0.5) is 0 Å². The van der Waals surface area contributed by atoms with E-state index in [4.69, 9.17) is 4.52 Å². The molecule has 0 unspecified atom stereocenters. The topological polar surface area (TPSA) is 69.8 Å². The molecule has 1 aromatic heterocycles. The van der Waals surface area contributed by atoms with E-state index in [1.807, 2.05) is 7.05 Å². The third kappa shape index (κ3) is 4.14. The fraction of sp³-hybridized carbons (Fsp3) is 0.381. The summed E-state index contributed by atoms with van der Waals surface area (Å²) in [5, 5.41) is 9.90. The number of guanidine groups is 1. The first-order chi connectivity index (χ1) is 13.7. The molecule has 1 aliphatic rings. The molecule has 2 aromatic carbocycles. The van der Waals surface area contributed by atoms with E-state index in [1.165, 1.54) is 16.3 Å². The highest BCUT2D eigenvalue weighted by atomic mass is 16.5. The fourth-order valence-corrected chi connectivity index (χ4v) is 3.69. The molecule has 0 bridgehead atoms. The number of hydrogen-bond donors (Lipinski definition) is 1. The smallest absolute Gasteiger partial charge is 0.223 e. The van der Waals surface area contributed by atoms with Gasteiger partial charge in [-0.05, 0) is 16.3 Å². The molecule has 1 aliphatic heterocycles. The van der Waals surface area contributed by atoms with Gasteiger partial charge in [-0.1, -0.05) is 47.6 Å². The fourth-order valence-electron chi connectivity index (χ4n) is 3.69. The molecule has 0 radical (unpaired) electrons. The Balaban J connectivity index is 1.33. The second kappa shape index (κ2) is 8.39. The van der Waals surface area contributed by atoms with Gasteiger partial charge >= 0.3 is 0 Å². The van der Waals surface area contributed by atoms with Gasteiger partial charge < -0.3 is 14.7 Å². The van der Waals surface area contributed by atoms with Gasteiger partial charge in [0.15, 0.2) is 11.8 Å². The largest absolute Gasteiger partial charge is 0.349 e. The van der Waals surface area contributed by atoms with E-state index >= 15 is 0 Å². The molecule has 0 amide bonds. The third-order valence-electron chi connectivity index (χ3n) is 5.13. The third-order valence-corrected chi connectivity index (χ3v) is 5.13. The zero-order chi connectivity index (χ0) is 19.3. The number of benzene rings is 2. The number of fused-ring (bicyclic) bond motifs is 1. The maximum absolute atomic E-state index is 5.02. The molecular weight excluding hydrogens is 352 g/mol. The Kier molecular flexibility index (Phi) is 5.53. The monoisotopic (exact) mass is 378 g/mol. The Morgan fingerprint density at radius 3 is 2.64 bits per heavy atom. The van der Waals surface area contributed by atoms with Gasteiger partial charge in [-0.2, -0.15) is 4.98 Å². The van der Waals surface area contributed by atoms with Gasteiger partial charge in [0.2, 0.25) is 5.89 Å². The first kappa shape index (κ1) is 18.4. The number of aliphatic imine (C=N–C) groups is 1. The SMILES string of the molecule is CN=C(NCc1noc(C)n1)N1CCN(Cc2cccc3ccccc23)CC1. The lowest BCUT2D eigenvalue weighted by atomic mass is 10.0. The van der Waals surface area contributed by atoms with E-state index in [0.29, 0.717) is 18.3 Å². The van der Waals surface area contributed by atoms with Gasteiger partial charge in [0.25, 0.3) is 0 Å². The second-order valence-corrected chi connectivity index (χ2v) is 7.03. The summed E-state index contributed by atoms with van der Waals surface area (Å²) >= 11 is 0. The maximum atomic E-state index is 5.02. The summed E-state index contributed by atoms with van der Waals surface area (Å²) in [5.74, 6) is 2.11. The number of nitrogens with zero attached hydrogens (tertiary/aromatic N) is 5. The molecule has 3 aromatic rings. The number of aryl methyl sites for hydroxylation is 1. The molecule has 0 aliphatic carbocycles. The van der Waals surface area contributed by atoms with Crippen molar-refractivity contribution in [1.29, 1.82) is 0 Å². The molecule has 7 nitrogen and oxygen atoms in total. The molecular formula is C21H26N6O. The van der Waals surface area contributed by atoms with E-state index in [2.05, 4.69) is 72.7 Å². The number of nitrogens with one attached hydrogen (secondary N) is 1. The van der Waals surface area contributed by atoms with E-state index in [9.17, 15) is 0 Å². The van der Waals surface area contributed by atoms with Crippen molar-refractivity contribution in [3.63, 3.8) is 0 Å². The van der Waals surface area contributed by atoms with Crippen molar-refractivity contribution in [3.8, 4) is 0 Å². The van der Waals surface area contributed by atoms with Crippen LogP contribution in [0.5, 0.6) is 0 Å². The number of rotatable bonds is 4. The van der Waals surface area contributed by atoms with Gasteiger partial charge in [-0.25, -0.2) is 0 Å². The van der Waals surface area contributed by atoms with Crippen LogP contribution in [0, 0.1) is 6.92 Å². The first-order valence-electron chi connectivity index (χ1n) is 9.67. The molecule has 4 rings (SSSR count). The highest BCUT2D eigenvalue weighted by Crippen LogP contribution is 2.20. The zero-order valence-electron chi connectivity index (χ0n) is 16.4. The van der Waals surface area contributed by atoms with Crippen molar-refractivity contribution in [2.75, 3.05) is 33.2 Å². The van der Waals surface area contributed by atoms with Gasteiger partial charge in [-0.15, -0.1) is 0 Å². The number of hydrogen-bond acceptors (Lipinski definition) is 5. The summed E-state index contributed by atoms with van der Waals surface area (Å²) in [6.07, 6.45) is 0. The maximum Gasteiger partial charge on any atom is 0.223 e. The van der Waals surface area contributed by atoms with Crippen LogP contribution in [-0.2, 0) is 13.1 Å². The van der Waals surface area contributed by atoms with Crippen molar-refractivity contribution >= 4 is 16.7 Å². The molecule has 1 saturated heterocycles. The minimum Gasteiger partial charge on any atom is -0.349 e. The van der Waals surface area contributed by atoms with Crippen molar-refractivity contribution in [3.05, 3.63) is 59.7 Å². The van der Waals surface area contributed by atoms with Crippen LogP contribution in [-0.4, -0.2) is 59.1 Å². The highest BCUT2D eigenvalue weighted by Gasteiger charge is 2.20. The molecule has 0 atom stereocenters. The Labute approximate surface area is 165 Å². The summed E-state index contributed by atoms with van der Waals surface area (Å²) in [6, 6.07) is 15.2. The van der Waals surface area contributed by atoms with E-state index in [0.717, 1.165) is 38.7 Å². The number of piperazine rings is 1. The van der Waals surface area contributed by atoms with Crippen molar-refractivity contribution < 1.29 is 4.52 Å². The predicted octanol–water partition coefficient (Wildman–Crippen LogP) is 2.42. The molecule has 0 spiro atoms. The second-order valence-electron chi connectivity index (χ2n) is 7.03. The van der Waals surface area contributed by atoms with Gasteiger partial charge in [0, 0.05) is 46.7 Å². The molecule has 1 N–H and O–H groups in total. The minimum absolute atomic E-state index is 0.514. The Morgan fingerprint density at radius 2 is 1.89 bits per heavy atom. The molecule has 7 heteroatoms. The minimum atomic E-state index is 0.514. The van der Waals surface area contributed by atoms with Crippen LogP contribution >= 0.6 is 0 Å². The van der Waals surface area contributed by atoms with Crippen LogP contribution in [0.3, 0.4) is 0 Å². The van der Waals surface area contributed by atoms with Gasteiger partial charge in [0.05, 0.1) is 6.54 Å². The lowest BCUT2D eigenvalue weighted by molar-refractivity contribution is 0.173. The average molecular weight is 378 g/mol. The van der Waals surface area contributed by atoms with E-state index in [-0.39, 0.29) is 0 Å². The Morgan fingerprint density at radius 1 is 1.11 bits per heavy atom. The lowest BCUT2D eigenvalue weighted by Crippen LogP contribution is -2.52. The van der Waals surface area contributed by atoms with Crippen molar-refractivity contribution in [2.45, 2.75) is 20.0 Å². The molecule has 0 saturated carbocycles. The summed E-state index contributed by atoms with van der Waals surface area (Å²) in [7, 11) is 1.81. The molecule has 2 heterocycles. The average Bonchev–Trinajstić information content (AvgIpc) is 3.15. The predicted molar refractivity (Wildman–Crippen MR) is 110 cm³/mol. The van der Waals surface area contributed by atoms with Crippen LogP contribution in [0.15, 0.2) is 52.0 Å². The van der Waals surface area contributed by atoms with Gasteiger partial charge in [0.1, 0.15) is 0 Å². The van der Waals surface area contributed by atoms with Crippen LogP contribution in [0.25, 0.3) is 10.8 Å². The zero-order valence-corrected chi connectivity index (χ0v) is 16.4. The van der Waals surface area contributed by atoms with E-state index < -0.39 is 0 Å². The lowest BCUT2D eigenvalue weighted by Gasteiger charge is -2.36. The molecule has 1 fully saturated rings. The summed E-state index contributed by atoms with van der Waals surface area (Å²) in [4.78, 5) is 13.4. The van der Waals surface area contributed by atoms with Crippen molar-refractivity contribution in [2.24, 2.45) is 4.99 Å². The van der Waals surface area contributed by atoms with Crippen LogP contribution in [0.2, 0.25) is 0 Å². The number of aromatic nitrogens is 2. The standard InChI is InChI=1S/C21H26N6O/c1-16-24-20(25-28-16)14-23-21(22-2)27-12-10-26(11-13-27)15-18-8-5-7-17-6-3-4-9-19(17)18/h3-9H,10-15H2,1-2H3,(H,22,23). The van der Waals surface area contributed by atoms with E-state index in [1.54, 1.807) is 6.92 Å². The normalized spacial score (nSPS) is 15.9. The summed E-state index contributed by atoms with van der Waals surface area (Å²) in [5.41, 5.74) is 1.39. The molecule has 28 heavy (non-hydrogen) atoms. The van der Waals surface area contributed by atoms with Crippen LogP contribution < -0.4 is 5.32 Å². The first-order valence-corrected chi connectivity index (χ1v) is 9.67. The summed E-state index contributed by atoms with van der Waals surface area (Å²) < 4.78 is 5.02.